The van der Waals surface area contributed by atoms with E-state index in [2.05, 4.69) is 6.58 Å². The van der Waals surface area contributed by atoms with Gasteiger partial charge in [0.2, 0.25) is 0 Å². The summed E-state index contributed by atoms with van der Waals surface area (Å²) in [6.45, 7) is 4.10. The molecule has 18 heavy (non-hydrogen) atoms. The monoisotopic (exact) mass is 312 g/mol. The SMILES string of the molecule is C=C(c1ccccc1)c1ccc([Si](Cl)(Cl)Cl)cc1. The fourth-order valence-corrected chi connectivity index (χ4v) is 3.34. The van der Waals surface area contributed by atoms with Crippen molar-refractivity contribution in [2.45, 2.75) is 0 Å². The highest BCUT2D eigenvalue weighted by Crippen LogP contribution is 2.23. The highest BCUT2D eigenvalue weighted by atomic mass is 35.8. The first kappa shape index (κ1) is 13.7. The summed E-state index contributed by atoms with van der Waals surface area (Å²) < 4.78 is 0. The van der Waals surface area contributed by atoms with E-state index in [1.165, 1.54) is 0 Å². The molecular weight excluding hydrogens is 303 g/mol. The molecule has 0 saturated heterocycles. The van der Waals surface area contributed by atoms with Gasteiger partial charge < -0.3 is 0 Å². The Bertz CT molecular complexity index is 542. The fraction of sp³-hybridized carbons (Fsp3) is 0. The molecule has 0 bridgehead atoms. The van der Waals surface area contributed by atoms with E-state index in [4.69, 9.17) is 33.2 Å². The molecule has 0 heterocycles. The summed E-state index contributed by atoms with van der Waals surface area (Å²) in [5.41, 5.74) is 3.10. The van der Waals surface area contributed by atoms with Crippen LogP contribution in [0, 0.1) is 0 Å². The van der Waals surface area contributed by atoms with E-state index in [1.807, 2.05) is 54.6 Å². The molecule has 0 aliphatic rings. The highest BCUT2D eigenvalue weighted by Gasteiger charge is 2.27. The molecule has 2 aromatic carbocycles. The minimum absolute atomic E-state index is 0.789. The Balaban J connectivity index is 2.28. The van der Waals surface area contributed by atoms with Crippen molar-refractivity contribution in [1.82, 2.24) is 0 Å². The third-order valence-corrected chi connectivity index (χ3v) is 5.63. The first-order valence-electron chi connectivity index (χ1n) is 5.40. The molecule has 0 saturated carbocycles. The standard InChI is InChI=1S/C14H11Cl3Si/c1-11(12-5-3-2-4-6-12)13-7-9-14(10-8-13)18(15,16)17/h2-10H,1H2. The van der Waals surface area contributed by atoms with Crippen LogP contribution in [0.3, 0.4) is 0 Å². The summed E-state index contributed by atoms with van der Waals surface area (Å²) >= 11 is 17.9. The van der Waals surface area contributed by atoms with Crippen molar-refractivity contribution in [1.29, 1.82) is 0 Å². The van der Waals surface area contributed by atoms with Gasteiger partial charge in [0.25, 0.3) is 0 Å². The number of benzene rings is 2. The molecule has 0 nitrogen and oxygen atoms in total. The van der Waals surface area contributed by atoms with Crippen molar-refractivity contribution in [2.75, 3.05) is 0 Å². The van der Waals surface area contributed by atoms with Gasteiger partial charge in [-0.1, -0.05) is 61.2 Å². The molecule has 0 amide bonds. The molecule has 2 aromatic rings. The van der Waals surface area contributed by atoms with E-state index >= 15 is 0 Å². The molecule has 0 aliphatic heterocycles. The normalized spacial score (nSPS) is 11.3. The van der Waals surface area contributed by atoms with Gasteiger partial charge in [-0.2, -0.15) is 0 Å². The Kier molecular flexibility index (Phi) is 4.18. The Morgan fingerprint density at radius 1 is 0.778 bits per heavy atom. The number of rotatable bonds is 3. The van der Waals surface area contributed by atoms with Crippen LogP contribution in [0.2, 0.25) is 0 Å². The molecule has 4 heteroatoms. The Morgan fingerprint density at radius 3 is 1.78 bits per heavy atom. The van der Waals surface area contributed by atoms with Gasteiger partial charge in [0, 0.05) is 0 Å². The average molecular weight is 314 g/mol. The van der Waals surface area contributed by atoms with Gasteiger partial charge in [0.1, 0.15) is 0 Å². The summed E-state index contributed by atoms with van der Waals surface area (Å²) in [6, 6.07) is 14.8. The quantitative estimate of drug-likeness (QED) is 0.573. The molecule has 0 unspecified atom stereocenters. The average Bonchev–Trinajstić information content (AvgIpc) is 2.38. The van der Waals surface area contributed by atoms with Crippen molar-refractivity contribution < 1.29 is 0 Å². The van der Waals surface area contributed by atoms with Crippen LogP contribution in [-0.2, 0) is 0 Å². The summed E-state index contributed by atoms with van der Waals surface area (Å²) in [6.07, 6.45) is 0. The van der Waals surface area contributed by atoms with Gasteiger partial charge in [-0.25, -0.2) is 0 Å². The zero-order valence-corrected chi connectivity index (χ0v) is 12.8. The Labute approximate surface area is 122 Å². The zero-order valence-electron chi connectivity index (χ0n) is 9.54. The van der Waals surface area contributed by atoms with Gasteiger partial charge in [-0.3, -0.25) is 0 Å². The minimum Gasteiger partial charge on any atom is -0.121 e. The first-order chi connectivity index (χ1) is 8.48. The van der Waals surface area contributed by atoms with Crippen molar-refractivity contribution in [3.8, 4) is 0 Å². The van der Waals surface area contributed by atoms with Crippen LogP contribution in [0.5, 0.6) is 0 Å². The van der Waals surface area contributed by atoms with Gasteiger partial charge >= 0.3 is 6.00 Å². The van der Waals surface area contributed by atoms with Gasteiger partial charge in [0.05, 0.1) is 0 Å². The minimum atomic E-state index is -2.78. The first-order valence-corrected chi connectivity index (χ1v) is 10.4. The molecule has 0 spiro atoms. The van der Waals surface area contributed by atoms with Crippen LogP contribution in [0.15, 0.2) is 61.2 Å². The molecule has 0 aliphatic carbocycles. The van der Waals surface area contributed by atoms with Gasteiger partial charge in [-0.05, 0) is 21.9 Å². The van der Waals surface area contributed by atoms with Crippen LogP contribution in [-0.4, -0.2) is 6.00 Å². The third-order valence-electron chi connectivity index (χ3n) is 2.68. The van der Waals surface area contributed by atoms with Crippen LogP contribution in [0.4, 0.5) is 0 Å². The molecule has 92 valence electrons. The Morgan fingerprint density at radius 2 is 1.28 bits per heavy atom. The van der Waals surface area contributed by atoms with E-state index < -0.39 is 6.00 Å². The van der Waals surface area contributed by atoms with E-state index in [1.54, 1.807) is 0 Å². The van der Waals surface area contributed by atoms with E-state index in [0.717, 1.165) is 21.9 Å². The van der Waals surface area contributed by atoms with Crippen molar-refractivity contribution in [3.63, 3.8) is 0 Å². The predicted octanol–water partition coefficient (Wildman–Crippen LogP) is 4.61. The smallest absolute Gasteiger partial charge is 0.121 e. The number of halogens is 3. The van der Waals surface area contributed by atoms with E-state index in [9.17, 15) is 0 Å². The summed E-state index contributed by atoms with van der Waals surface area (Å²) in [4.78, 5) is 0. The lowest BCUT2D eigenvalue weighted by atomic mass is 10.00. The van der Waals surface area contributed by atoms with Crippen LogP contribution < -0.4 is 5.19 Å². The lowest BCUT2D eigenvalue weighted by Gasteiger charge is -2.10. The number of hydrogen-bond acceptors (Lipinski definition) is 0. The van der Waals surface area contributed by atoms with Crippen molar-refractivity contribution in [3.05, 3.63) is 72.3 Å². The Hall–Kier alpha value is -0.733. The van der Waals surface area contributed by atoms with Crippen molar-refractivity contribution in [2.24, 2.45) is 0 Å². The summed E-state index contributed by atoms with van der Waals surface area (Å²) in [5.74, 6) is 0. The second-order valence-electron chi connectivity index (χ2n) is 3.92. The fourth-order valence-electron chi connectivity index (χ4n) is 1.67. The highest BCUT2D eigenvalue weighted by molar-refractivity contribution is 7.69. The molecule has 0 radical (unpaired) electrons. The van der Waals surface area contributed by atoms with E-state index in [-0.39, 0.29) is 0 Å². The third kappa shape index (κ3) is 3.18. The molecule has 0 fully saturated rings. The van der Waals surface area contributed by atoms with E-state index in [0.29, 0.717) is 0 Å². The molecule has 0 atom stereocenters. The van der Waals surface area contributed by atoms with Gasteiger partial charge in [0.15, 0.2) is 0 Å². The summed E-state index contributed by atoms with van der Waals surface area (Å²) in [5, 5.41) is 0.789. The lowest BCUT2D eigenvalue weighted by Crippen LogP contribution is -2.29. The number of hydrogen-bond donors (Lipinski definition) is 0. The maximum absolute atomic E-state index is 5.95. The van der Waals surface area contributed by atoms with Crippen molar-refractivity contribution >= 4 is 50.0 Å². The molecule has 0 aromatic heterocycles. The zero-order chi connectivity index (χ0) is 13.2. The van der Waals surface area contributed by atoms with Gasteiger partial charge in [-0.15, -0.1) is 33.2 Å². The van der Waals surface area contributed by atoms with Crippen LogP contribution >= 0.6 is 33.2 Å². The van der Waals surface area contributed by atoms with Crippen LogP contribution in [0.1, 0.15) is 11.1 Å². The predicted molar refractivity (Wildman–Crippen MR) is 84.0 cm³/mol. The second kappa shape index (κ2) is 5.50. The maximum atomic E-state index is 5.95. The topological polar surface area (TPSA) is 0 Å². The second-order valence-corrected chi connectivity index (χ2v) is 12.3. The lowest BCUT2D eigenvalue weighted by molar-refractivity contribution is 1.57. The maximum Gasteiger partial charge on any atom is 0.372 e. The molecule has 0 N–H and O–H groups in total. The molecular formula is C14H11Cl3Si. The van der Waals surface area contributed by atoms with Crippen LogP contribution in [0.25, 0.3) is 5.57 Å². The summed E-state index contributed by atoms with van der Waals surface area (Å²) in [7, 11) is 0. The largest absolute Gasteiger partial charge is 0.372 e. The molecule has 2 rings (SSSR count).